The summed E-state index contributed by atoms with van der Waals surface area (Å²) in [6, 6.07) is 9.52. The standard InChI is InChI=1S/C19H17FN2O3/c1-12-11-14-7-9-22(10-8-16(23)25-2)19(24)17(14)18(21-12)13-3-5-15(20)6-4-13/h3-7,9,11H,8,10H2,1-2H3. The van der Waals surface area contributed by atoms with Crippen molar-refractivity contribution in [2.45, 2.75) is 19.9 Å². The second-order valence-electron chi connectivity index (χ2n) is 5.72. The first-order valence-corrected chi connectivity index (χ1v) is 7.83. The molecule has 0 bridgehead atoms. The van der Waals surface area contributed by atoms with E-state index in [1.165, 1.54) is 23.8 Å². The van der Waals surface area contributed by atoms with Crippen molar-refractivity contribution in [3.05, 3.63) is 64.5 Å². The maximum absolute atomic E-state index is 13.2. The van der Waals surface area contributed by atoms with E-state index >= 15 is 0 Å². The molecular formula is C19H17FN2O3. The van der Waals surface area contributed by atoms with E-state index in [0.29, 0.717) is 16.6 Å². The zero-order valence-corrected chi connectivity index (χ0v) is 14.0. The summed E-state index contributed by atoms with van der Waals surface area (Å²) in [7, 11) is 1.31. The molecule has 3 aromatic rings. The Kier molecular flexibility index (Phi) is 4.61. The molecule has 0 fully saturated rings. The molecule has 1 aromatic carbocycles. The third-order valence-corrected chi connectivity index (χ3v) is 3.99. The van der Waals surface area contributed by atoms with Crippen LogP contribution >= 0.6 is 0 Å². The minimum atomic E-state index is -0.382. The Bertz CT molecular complexity index is 994. The van der Waals surface area contributed by atoms with Gasteiger partial charge < -0.3 is 9.30 Å². The van der Waals surface area contributed by atoms with E-state index in [9.17, 15) is 14.0 Å². The quantitative estimate of drug-likeness (QED) is 0.685. The summed E-state index contributed by atoms with van der Waals surface area (Å²) >= 11 is 0. The van der Waals surface area contributed by atoms with Crippen molar-refractivity contribution in [1.29, 1.82) is 0 Å². The Morgan fingerprint density at radius 3 is 2.64 bits per heavy atom. The van der Waals surface area contributed by atoms with Crippen LogP contribution in [0.4, 0.5) is 4.39 Å². The highest BCUT2D eigenvalue weighted by atomic mass is 19.1. The SMILES string of the molecule is COC(=O)CCn1ccc2cc(C)nc(-c3ccc(F)cc3)c2c1=O. The van der Waals surface area contributed by atoms with E-state index in [1.54, 1.807) is 18.3 Å². The van der Waals surface area contributed by atoms with Gasteiger partial charge in [-0.2, -0.15) is 0 Å². The van der Waals surface area contributed by atoms with Crippen molar-refractivity contribution in [3.63, 3.8) is 0 Å². The Morgan fingerprint density at radius 1 is 1.24 bits per heavy atom. The average Bonchev–Trinajstić information content (AvgIpc) is 2.60. The van der Waals surface area contributed by atoms with E-state index in [1.807, 2.05) is 19.1 Å². The summed E-state index contributed by atoms with van der Waals surface area (Å²) in [4.78, 5) is 28.7. The average molecular weight is 340 g/mol. The van der Waals surface area contributed by atoms with E-state index in [2.05, 4.69) is 9.72 Å². The van der Waals surface area contributed by atoms with E-state index in [0.717, 1.165) is 11.1 Å². The fourth-order valence-corrected chi connectivity index (χ4v) is 2.74. The number of benzene rings is 1. The molecule has 0 saturated heterocycles. The summed E-state index contributed by atoms with van der Waals surface area (Å²) in [6.45, 7) is 2.06. The molecule has 2 heterocycles. The predicted octanol–water partition coefficient (Wildman–Crippen LogP) is 3.07. The summed E-state index contributed by atoms with van der Waals surface area (Å²) in [5, 5.41) is 1.20. The third kappa shape index (κ3) is 3.42. The number of carbonyl (C=O) groups is 1. The summed E-state index contributed by atoms with van der Waals surface area (Å²) in [5.74, 6) is -0.732. The Labute approximate surface area is 143 Å². The van der Waals surface area contributed by atoms with Crippen LogP contribution in [0.2, 0.25) is 0 Å². The van der Waals surface area contributed by atoms with Gasteiger partial charge in [-0.25, -0.2) is 4.39 Å². The lowest BCUT2D eigenvalue weighted by atomic mass is 10.0. The van der Waals surface area contributed by atoms with E-state index in [4.69, 9.17) is 0 Å². The molecule has 25 heavy (non-hydrogen) atoms. The molecule has 0 N–H and O–H groups in total. The van der Waals surface area contributed by atoms with Crippen LogP contribution < -0.4 is 5.56 Å². The zero-order chi connectivity index (χ0) is 18.0. The van der Waals surface area contributed by atoms with Crippen LogP contribution in [0, 0.1) is 12.7 Å². The second kappa shape index (κ2) is 6.84. The van der Waals surface area contributed by atoms with Crippen LogP contribution in [-0.2, 0) is 16.1 Å². The lowest BCUT2D eigenvalue weighted by molar-refractivity contribution is -0.140. The van der Waals surface area contributed by atoms with Gasteiger partial charge >= 0.3 is 5.97 Å². The van der Waals surface area contributed by atoms with Gasteiger partial charge in [0.1, 0.15) is 5.82 Å². The van der Waals surface area contributed by atoms with Crippen LogP contribution in [-0.4, -0.2) is 22.6 Å². The molecule has 0 aliphatic rings. The smallest absolute Gasteiger partial charge is 0.307 e. The van der Waals surface area contributed by atoms with Crippen molar-refractivity contribution in [1.82, 2.24) is 9.55 Å². The van der Waals surface area contributed by atoms with Gasteiger partial charge in [0.2, 0.25) is 0 Å². The number of fused-ring (bicyclic) bond motifs is 1. The number of carbonyl (C=O) groups excluding carboxylic acids is 1. The highest BCUT2D eigenvalue weighted by molar-refractivity contribution is 5.94. The Balaban J connectivity index is 2.17. The lowest BCUT2D eigenvalue weighted by Crippen LogP contribution is -2.22. The number of ether oxygens (including phenoxy) is 1. The number of aromatic nitrogens is 2. The minimum Gasteiger partial charge on any atom is -0.469 e. The van der Waals surface area contributed by atoms with Gasteiger partial charge in [-0.1, -0.05) is 0 Å². The number of esters is 1. The summed E-state index contributed by atoms with van der Waals surface area (Å²) < 4.78 is 19.3. The fourth-order valence-electron chi connectivity index (χ4n) is 2.74. The van der Waals surface area contributed by atoms with Crippen LogP contribution in [0.25, 0.3) is 22.0 Å². The number of methoxy groups -OCH3 is 1. The number of hydrogen-bond donors (Lipinski definition) is 0. The molecule has 128 valence electrons. The molecule has 0 saturated carbocycles. The number of aryl methyl sites for hydroxylation is 2. The third-order valence-electron chi connectivity index (χ3n) is 3.99. The van der Waals surface area contributed by atoms with Crippen LogP contribution in [0.3, 0.4) is 0 Å². The van der Waals surface area contributed by atoms with Crippen molar-refractivity contribution >= 4 is 16.7 Å². The molecule has 2 aromatic heterocycles. The van der Waals surface area contributed by atoms with Crippen molar-refractivity contribution in [2.24, 2.45) is 0 Å². The van der Waals surface area contributed by atoms with E-state index in [-0.39, 0.29) is 30.3 Å². The topological polar surface area (TPSA) is 61.2 Å². The van der Waals surface area contributed by atoms with Crippen LogP contribution in [0.1, 0.15) is 12.1 Å². The highest BCUT2D eigenvalue weighted by Crippen LogP contribution is 2.25. The second-order valence-corrected chi connectivity index (χ2v) is 5.72. The first kappa shape index (κ1) is 16.8. The molecule has 0 atom stereocenters. The molecule has 6 heteroatoms. The predicted molar refractivity (Wildman–Crippen MR) is 92.8 cm³/mol. The van der Waals surface area contributed by atoms with Gasteiger partial charge in [0.15, 0.2) is 0 Å². The van der Waals surface area contributed by atoms with Crippen molar-refractivity contribution in [2.75, 3.05) is 7.11 Å². The number of hydrogen-bond acceptors (Lipinski definition) is 4. The highest BCUT2D eigenvalue weighted by Gasteiger charge is 2.13. The fraction of sp³-hybridized carbons (Fsp3) is 0.211. The van der Waals surface area contributed by atoms with Crippen molar-refractivity contribution in [3.8, 4) is 11.3 Å². The maximum atomic E-state index is 13.2. The Morgan fingerprint density at radius 2 is 1.96 bits per heavy atom. The summed E-state index contributed by atoms with van der Waals surface area (Å²) in [5.41, 5.74) is 1.69. The molecule has 3 rings (SSSR count). The van der Waals surface area contributed by atoms with Crippen LogP contribution in [0.5, 0.6) is 0 Å². The molecule has 0 amide bonds. The van der Waals surface area contributed by atoms with Gasteiger partial charge in [-0.05, 0) is 48.7 Å². The number of halogens is 1. The molecule has 0 aliphatic carbocycles. The maximum Gasteiger partial charge on any atom is 0.307 e. The molecule has 0 spiro atoms. The normalized spacial score (nSPS) is 10.8. The molecular weight excluding hydrogens is 323 g/mol. The zero-order valence-electron chi connectivity index (χ0n) is 14.0. The van der Waals surface area contributed by atoms with E-state index < -0.39 is 0 Å². The number of pyridine rings is 2. The Hall–Kier alpha value is -3.02. The van der Waals surface area contributed by atoms with Gasteiger partial charge in [0.05, 0.1) is 24.6 Å². The van der Waals surface area contributed by atoms with Crippen molar-refractivity contribution < 1.29 is 13.9 Å². The number of rotatable bonds is 4. The number of nitrogens with zero attached hydrogens (tertiary/aromatic N) is 2. The monoisotopic (exact) mass is 340 g/mol. The molecule has 0 unspecified atom stereocenters. The molecule has 5 nitrogen and oxygen atoms in total. The first-order valence-electron chi connectivity index (χ1n) is 7.83. The van der Waals surface area contributed by atoms with Gasteiger partial charge in [-0.3, -0.25) is 14.6 Å². The molecule has 0 aliphatic heterocycles. The van der Waals surface area contributed by atoms with Crippen LogP contribution in [0.15, 0.2) is 47.4 Å². The molecule has 0 radical (unpaired) electrons. The lowest BCUT2D eigenvalue weighted by Gasteiger charge is -2.11. The minimum absolute atomic E-state index is 0.104. The summed E-state index contributed by atoms with van der Waals surface area (Å²) in [6.07, 6.45) is 1.76. The van der Waals surface area contributed by atoms with Gasteiger partial charge in [0.25, 0.3) is 5.56 Å². The van der Waals surface area contributed by atoms with Gasteiger partial charge in [0, 0.05) is 24.0 Å². The largest absolute Gasteiger partial charge is 0.469 e. The first-order chi connectivity index (χ1) is 12.0. The van der Waals surface area contributed by atoms with Gasteiger partial charge in [-0.15, -0.1) is 0 Å².